The van der Waals surface area contributed by atoms with E-state index in [1.54, 1.807) is 0 Å². The molecule has 0 aliphatic carbocycles. The number of benzene rings is 2. The molecular weight excluding hydrogens is 226 g/mol. The molecule has 0 bridgehead atoms. The summed E-state index contributed by atoms with van der Waals surface area (Å²) in [6, 6.07) is 12.3. The molecule has 0 spiro atoms. The molecule has 3 nitrogen and oxygen atoms in total. The lowest BCUT2D eigenvalue weighted by Crippen LogP contribution is -2.15. The first kappa shape index (κ1) is 12.7. The van der Waals surface area contributed by atoms with E-state index in [-0.39, 0.29) is 6.29 Å². The molecule has 2 aromatic carbocycles. The maximum Gasteiger partial charge on any atom is 0.196 e. The Labute approximate surface area is 108 Å². The van der Waals surface area contributed by atoms with Gasteiger partial charge in [0.2, 0.25) is 0 Å². The summed E-state index contributed by atoms with van der Waals surface area (Å²) in [5.74, 6) is 0.834. The number of nitrogens with one attached hydrogen (secondary N) is 1. The third-order valence-electron chi connectivity index (χ3n) is 2.80. The van der Waals surface area contributed by atoms with Crippen LogP contribution in [-0.4, -0.2) is 19.9 Å². The summed E-state index contributed by atoms with van der Waals surface area (Å²) < 4.78 is 11.0. The number of fused-ring (bicyclic) bond motifs is 1. The average molecular weight is 245 g/mol. The zero-order chi connectivity index (χ0) is 13.0. The number of ether oxygens (including phenoxy) is 2. The molecule has 18 heavy (non-hydrogen) atoms. The summed E-state index contributed by atoms with van der Waals surface area (Å²) in [5.41, 5.74) is 1.11. The lowest BCUT2D eigenvalue weighted by molar-refractivity contribution is -0.0612. The largest absolute Gasteiger partial charge is 0.465 e. The highest BCUT2D eigenvalue weighted by molar-refractivity contribution is 5.86. The standard InChI is InChI=1S/C15H19NO2/c1-4-17-11(2)18-15-8-6-12-9-14(16-3)7-5-13(12)10-15/h5-11,16H,4H2,1-3H3. The van der Waals surface area contributed by atoms with Gasteiger partial charge in [0.1, 0.15) is 5.75 Å². The summed E-state index contributed by atoms with van der Waals surface area (Å²) >= 11 is 0. The van der Waals surface area contributed by atoms with Crippen molar-refractivity contribution in [2.24, 2.45) is 0 Å². The van der Waals surface area contributed by atoms with Crippen LogP contribution in [0.5, 0.6) is 5.75 Å². The molecule has 96 valence electrons. The minimum atomic E-state index is -0.218. The van der Waals surface area contributed by atoms with Gasteiger partial charge in [0.25, 0.3) is 0 Å². The zero-order valence-electron chi connectivity index (χ0n) is 11.1. The second-order valence-electron chi connectivity index (χ2n) is 4.11. The Bertz CT molecular complexity index is 525. The van der Waals surface area contributed by atoms with E-state index < -0.39 is 0 Å². The zero-order valence-corrected chi connectivity index (χ0v) is 11.1. The van der Waals surface area contributed by atoms with Crippen LogP contribution in [0.25, 0.3) is 10.8 Å². The van der Waals surface area contributed by atoms with E-state index in [2.05, 4.69) is 29.6 Å². The molecule has 0 aliphatic heterocycles. The van der Waals surface area contributed by atoms with Crippen LogP contribution in [0.1, 0.15) is 13.8 Å². The lowest BCUT2D eigenvalue weighted by atomic mass is 10.1. The fourth-order valence-electron chi connectivity index (χ4n) is 1.91. The van der Waals surface area contributed by atoms with Gasteiger partial charge in [-0.2, -0.15) is 0 Å². The Morgan fingerprint density at radius 1 is 1.11 bits per heavy atom. The van der Waals surface area contributed by atoms with Gasteiger partial charge in [-0.25, -0.2) is 0 Å². The monoisotopic (exact) mass is 245 g/mol. The summed E-state index contributed by atoms with van der Waals surface area (Å²) in [7, 11) is 1.92. The normalized spacial score (nSPS) is 12.4. The second-order valence-corrected chi connectivity index (χ2v) is 4.11. The number of hydrogen-bond donors (Lipinski definition) is 1. The maximum absolute atomic E-state index is 5.68. The Kier molecular flexibility index (Phi) is 4.05. The summed E-state index contributed by atoms with van der Waals surface area (Å²) in [6.07, 6.45) is -0.218. The molecule has 0 radical (unpaired) electrons. The van der Waals surface area contributed by atoms with Gasteiger partial charge >= 0.3 is 0 Å². The minimum Gasteiger partial charge on any atom is -0.465 e. The topological polar surface area (TPSA) is 30.5 Å². The van der Waals surface area contributed by atoms with E-state index in [0.29, 0.717) is 6.61 Å². The van der Waals surface area contributed by atoms with Crippen LogP contribution < -0.4 is 10.1 Å². The van der Waals surface area contributed by atoms with Crippen LogP contribution in [0.3, 0.4) is 0 Å². The van der Waals surface area contributed by atoms with Gasteiger partial charge in [-0.15, -0.1) is 0 Å². The van der Waals surface area contributed by atoms with Crippen molar-refractivity contribution in [3.05, 3.63) is 36.4 Å². The Hall–Kier alpha value is -1.74. The first-order chi connectivity index (χ1) is 8.72. The van der Waals surface area contributed by atoms with Gasteiger partial charge < -0.3 is 14.8 Å². The molecule has 1 N–H and O–H groups in total. The third kappa shape index (κ3) is 2.93. The molecule has 1 atom stereocenters. The van der Waals surface area contributed by atoms with Crippen LogP contribution in [0, 0.1) is 0 Å². The van der Waals surface area contributed by atoms with E-state index in [9.17, 15) is 0 Å². The number of hydrogen-bond acceptors (Lipinski definition) is 3. The van der Waals surface area contributed by atoms with Crippen LogP contribution in [0.4, 0.5) is 5.69 Å². The molecule has 0 heterocycles. The Balaban J connectivity index is 2.22. The Morgan fingerprint density at radius 2 is 1.83 bits per heavy atom. The van der Waals surface area contributed by atoms with Crippen molar-refractivity contribution in [1.82, 2.24) is 0 Å². The second kappa shape index (κ2) is 5.74. The summed E-state index contributed by atoms with van der Waals surface area (Å²) in [4.78, 5) is 0. The highest BCUT2D eigenvalue weighted by atomic mass is 16.7. The maximum atomic E-state index is 5.68. The molecule has 0 aliphatic rings. The molecule has 3 heteroatoms. The van der Waals surface area contributed by atoms with Crippen LogP contribution in [-0.2, 0) is 4.74 Å². The summed E-state index contributed by atoms with van der Waals surface area (Å²) in [5, 5.41) is 5.49. The SMILES string of the molecule is CCOC(C)Oc1ccc2cc(NC)ccc2c1. The molecule has 0 saturated heterocycles. The van der Waals surface area contributed by atoms with Crippen molar-refractivity contribution in [1.29, 1.82) is 0 Å². The first-order valence-corrected chi connectivity index (χ1v) is 6.22. The van der Waals surface area contributed by atoms with E-state index in [4.69, 9.17) is 9.47 Å². The van der Waals surface area contributed by atoms with Gasteiger partial charge in [-0.05, 0) is 48.9 Å². The van der Waals surface area contributed by atoms with E-state index in [1.807, 2.05) is 33.0 Å². The van der Waals surface area contributed by atoms with Crippen molar-refractivity contribution >= 4 is 16.5 Å². The van der Waals surface area contributed by atoms with Crippen LogP contribution in [0.2, 0.25) is 0 Å². The number of anilines is 1. The van der Waals surface area contributed by atoms with Crippen molar-refractivity contribution in [3.63, 3.8) is 0 Å². The average Bonchev–Trinajstić information content (AvgIpc) is 2.38. The minimum absolute atomic E-state index is 0.218. The lowest BCUT2D eigenvalue weighted by Gasteiger charge is -2.14. The van der Waals surface area contributed by atoms with Crippen LogP contribution >= 0.6 is 0 Å². The van der Waals surface area contributed by atoms with E-state index in [1.165, 1.54) is 5.39 Å². The Morgan fingerprint density at radius 3 is 2.56 bits per heavy atom. The highest BCUT2D eigenvalue weighted by Crippen LogP contribution is 2.24. The molecule has 0 fully saturated rings. The van der Waals surface area contributed by atoms with Gasteiger partial charge in [-0.3, -0.25) is 0 Å². The van der Waals surface area contributed by atoms with Gasteiger partial charge in [-0.1, -0.05) is 12.1 Å². The molecule has 0 aromatic heterocycles. The fourth-order valence-corrected chi connectivity index (χ4v) is 1.91. The summed E-state index contributed by atoms with van der Waals surface area (Å²) in [6.45, 7) is 4.51. The fraction of sp³-hybridized carbons (Fsp3) is 0.333. The first-order valence-electron chi connectivity index (χ1n) is 6.22. The predicted octanol–water partition coefficient (Wildman–Crippen LogP) is 3.64. The van der Waals surface area contributed by atoms with Crippen molar-refractivity contribution in [3.8, 4) is 5.75 Å². The molecule has 0 amide bonds. The third-order valence-corrected chi connectivity index (χ3v) is 2.80. The van der Waals surface area contributed by atoms with E-state index >= 15 is 0 Å². The van der Waals surface area contributed by atoms with Crippen molar-refractivity contribution in [2.75, 3.05) is 19.0 Å². The van der Waals surface area contributed by atoms with Crippen LogP contribution in [0.15, 0.2) is 36.4 Å². The number of rotatable bonds is 5. The van der Waals surface area contributed by atoms with Gasteiger partial charge in [0.05, 0.1) is 0 Å². The highest BCUT2D eigenvalue weighted by Gasteiger charge is 2.04. The molecule has 1 unspecified atom stereocenters. The van der Waals surface area contributed by atoms with Gasteiger partial charge in [0.15, 0.2) is 6.29 Å². The molecular formula is C15H19NO2. The van der Waals surface area contributed by atoms with Gasteiger partial charge in [0, 0.05) is 19.3 Å². The smallest absolute Gasteiger partial charge is 0.196 e. The molecule has 0 saturated carbocycles. The molecule has 2 aromatic rings. The quantitative estimate of drug-likeness (QED) is 0.816. The molecule has 2 rings (SSSR count). The van der Waals surface area contributed by atoms with E-state index in [0.717, 1.165) is 16.8 Å². The predicted molar refractivity (Wildman–Crippen MR) is 75.2 cm³/mol. The van der Waals surface area contributed by atoms with Crippen molar-refractivity contribution in [2.45, 2.75) is 20.1 Å². The van der Waals surface area contributed by atoms with Crippen molar-refractivity contribution < 1.29 is 9.47 Å².